The Bertz CT molecular complexity index is 704. The molecular weight excluding hydrogens is 452 g/mol. The normalized spacial score (nSPS) is 13.8. The molecule has 0 aromatic carbocycles. The van der Waals surface area contributed by atoms with Crippen molar-refractivity contribution in [2.24, 2.45) is 11.3 Å². The lowest BCUT2D eigenvalue weighted by molar-refractivity contribution is -0.163. The van der Waals surface area contributed by atoms with Crippen LogP contribution in [-0.2, 0) is 9.59 Å². The lowest BCUT2D eigenvalue weighted by atomic mass is 9.86. The predicted molar refractivity (Wildman–Crippen MR) is 109 cm³/mol. The molecule has 9 nitrogen and oxygen atoms in total. The van der Waals surface area contributed by atoms with Gasteiger partial charge in [-0.2, -0.15) is 0 Å². The summed E-state index contributed by atoms with van der Waals surface area (Å²) in [5.74, 6) is -1.44. The van der Waals surface area contributed by atoms with Gasteiger partial charge in [-0.1, -0.05) is 46.0 Å². The Hall–Kier alpha value is -1.56. The number of hydrogen-bond donors (Lipinski definition) is 4. The van der Waals surface area contributed by atoms with Crippen molar-refractivity contribution in [2.75, 3.05) is 5.32 Å². The van der Waals surface area contributed by atoms with E-state index in [2.05, 4.69) is 31.5 Å². The molecule has 1 aromatic rings. The highest BCUT2D eigenvalue weighted by Crippen LogP contribution is 2.25. The Morgan fingerprint density at radius 3 is 2.36 bits per heavy atom. The van der Waals surface area contributed by atoms with Crippen molar-refractivity contribution < 1.29 is 24.7 Å². The molecule has 4 N–H and O–H groups in total. The number of imide groups is 1. The molecule has 0 aliphatic rings. The SMILES string of the molecule is CC(C)CC[C@H](O)C(=O)N(O)C(=O)N[C@H](C(=O)Nc1ncc(Br)s1)C(C)(C)C. The van der Waals surface area contributed by atoms with Crippen molar-refractivity contribution in [1.29, 1.82) is 0 Å². The summed E-state index contributed by atoms with van der Waals surface area (Å²) in [5, 5.41) is 24.8. The number of carbonyl (C=O) groups excluding carboxylic acids is 3. The monoisotopic (exact) mass is 478 g/mol. The Morgan fingerprint density at radius 1 is 1.29 bits per heavy atom. The summed E-state index contributed by atoms with van der Waals surface area (Å²) in [4.78, 5) is 40.9. The largest absolute Gasteiger partial charge is 0.383 e. The summed E-state index contributed by atoms with van der Waals surface area (Å²) in [6, 6.07) is -2.26. The van der Waals surface area contributed by atoms with Crippen LogP contribution in [0.2, 0.25) is 0 Å². The summed E-state index contributed by atoms with van der Waals surface area (Å²) in [5.41, 5.74) is -0.728. The van der Waals surface area contributed by atoms with E-state index in [1.807, 2.05) is 13.8 Å². The van der Waals surface area contributed by atoms with Gasteiger partial charge in [0, 0.05) is 0 Å². The zero-order valence-corrected chi connectivity index (χ0v) is 18.9. The van der Waals surface area contributed by atoms with Crippen molar-refractivity contribution in [3.63, 3.8) is 0 Å². The molecular formula is C17H27BrN4O5S. The molecule has 0 saturated carbocycles. The molecule has 1 heterocycles. The van der Waals surface area contributed by atoms with Crippen LogP contribution in [-0.4, -0.2) is 50.4 Å². The Kier molecular flexibility index (Phi) is 8.99. The van der Waals surface area contributed by atoms with Gasteiger partial charge in [0.1, 0.15) is 12.1 Å². The lowest BCUT2D eigenvalue weighted by Crippen LogP contribution is -2.56. The number of carbonyl (C=O) groups is 3. The van der Waals surface area contributed by atoms with Crippen molar-refractivity contribution >= 4 is 50.2 Å². The number of aromatic nitrogens is 1. The number of amides is 4. The molecule has 2 atom stereocenters. The fourth-order valence-electron chi connectivity index (χ4n) is 2.21. The van der Waals surface area contributed by atoms with E-state index in [0.717, 1.165) is 3.79 Å². The molecule has 1 rings (SSSR count). The standard InChI is InChI=1S/C17H27BrN4O5S/c1-9(2)6-7-10(23)14(25)22(27)16(26)20-12(17(3,4)5)13(24)21-15-19-8-11(18)28-15/h8-10,12,23,27H,6-7H2,1-5H3,(H,20,26)(H,19,21,24)/t10-,12+/m0/s1. The van der Waals surface area contributed by atoms with Crippen molar-refractivity contribution in [1.82, 2.24) is 15.4 Å². The van der Waals surface area contributed by atoms with Gasteiger partial charge in [-0.25, -0.2) is 9.78 Å². The van der Waals surface area contributed by atoms with Crippen LogP contribution in [0, 0.1) is 11.3 Å². The van der Waals surface area contributed by atoms with Gasteiger partial charge >= 0.3 is 6.03 Å². The number of thiazole rings is 1. The molecule has 11 heteroatoms. The van der Waals surface area contributed by atoms with Crippen LogP contribution in [0.25, 0.3) is 0 Å². The maximum Gasteiger partial charge on any atom is 0.349 e. The summed E-state index contributed by atoms with van der Waals surface area (Å²) in [6.07, 6.45) is 0.687. The van der Waals surface area contributed by atoms with Crippen LogP contribution < -0.4 is 10.6 Å². The van der Waals surface area contributed by atoms with Crippen LogP contribution >= 0.6 is 27.3 Å². The van der Waals surface area contributed by atoms with Crippen molar-refractivity contribution in [3.05, 3.63) is 9.98 Å². The Balaban J connectivity index is 2.80. The average Bonchev–Trinajstić information content (AvgIpc) is 2.99. The fraction of sp³-hybridized carbons (Fsp3) is 0.647. The zero-order valence-electron chi connectivity index (χ0n) is 16.5. The molecule has 0 spiro atoms. The molecule has 0 unspecified atom stereocenters. The summed E-state index contributed by atoms with van der Waals surface area (Å²) in [6.45, 7) is 9.01. The number of rotatable bonds is 7. The number of anilines is 1. The first-order valence-corrected chi connectivity index (χ1v) is 10.4. The minimum atomic E-state index is -1.51. The van der Waals surface area contributed by atoms with Gasteiger partial charge in [0.25, 0.3) is 5.91 Å². The fourth-order valence-corrected chi connectivity index (χ4v) is 3.32. The summed E-state index contributed by atoms with van der Waals surface area (Å²) < 4.78 is 0.724. The predicted octanol–water partition coefficient (Wildman–Crippen LogP) is 2.98. The number of nitrogens with zero attached hydrogens (tertiary/aromatic N) is 2. The van der Waals surface area contributed by atoms with Crippen LogP contribution in [0.15, 0.2) is 9.98 Å². The molecule has 158 valence electrons. The average molecular weight is 479 g/mol. The molecule has 0 saturated heterocycles. The van der Waals surface area contributed by atoms with E-state index in [1.165, 1.54) is 17.5 Å². The van der Waals surface area contributed by atoms with E-state index in [9.17, 15) is 24.7 Å². The Morgan fingerprint density at radius 2 is 1.89 bits per heavy atom. The van der Waals surface area contributed by atoms with Crippen LogP contribution in [0.4, 0.5) is 9.93 Å². The van der Waals surface area contributed by atoms with E-state index < -0.39 is 35.4 Å². The maximum absolute atomic E-state index is 12.6. The summed E-state index contributed by atoms with van der Waals surface area (Å²) in [7, 11) is 0. The van der Waals surface area contributed by atoms with E-state index in [4.69, 9.17) is 0 Å². The maximum atomic E-state index is 12.6. The third kappa shape index (κ3) is 7.46. The second-order valence-corrected chi connectivity index (χ2v) is 10.3. The van der Waals surface area contributed by atoms with Gasteiger partial charge in [0.05, 0.1) is 9.98 Å². The minimum Gasteiger partial charge on any atom is -0.383 e. The lowest BCUT2D eigenvalue weighted by Gasteiger charge is -2.31. The van der Waals surface area contributed by atoms with Crippen LogP contribution in [0.5, 0.6) is 0 Å². The molecule has 1 aromatic heterocycles. The minimum absolute atomic E-state index is 0.114. The number of nitrogens with one attached hydrogen (secondary N) is 2. The van der Waals surface area contributed by atoms with Crippen LogP contribution in [0.3, 0.4) is 0 Å². The second-order valence-electron chi connectivity index (χ2n) is 7.84. The van der Waals surface area contributed by atoms with Gasteiger partial charge in [-0.05, 0) is 40.1 Å². The van der Waals surface area contributed by atoms with E-state index in [-0.39, 0.29) is 17.4 Å². The second kappa shape index (κ2) is 10.3. The molecule has 4 amide bonds. The van der Waals surface area contributed by atoms with Crippen molar-refractivity contribution in [2.45, 2.75) is 59.6 Å². The first kappa shape index (κ1) is 24.5. The molecule has 28 heavy (non-hydrogen) atoms. The van der Waals surface area contributed by atoms with E-state index in [0.29, 0.717) is 11.6 Å². The van der Waals surface area contributed by atoms with Gasteiger partial charge < -0.3 is 15.7 Å². The highest BCUT2D eigenvalue weighted by atomic mass is 79.9. The number of halogens is 1. The van der Waals surface area contributed by atoms with E-state index in [1.54, 1.807) is 20.8 Å². The number of hydrogen-bond acceptors (Lipinski definition) is 7. The first-order chi connectivity index (χ1) is 12.8. The number of aliphatic hydroxyl groups excluding tert-OH is 1. The number of aliphatic hydroxyl groups is 1. The Labute approximate surface area is 176 Å². The van der Waals surface area contributed by atoms with Crippen LogP contribution in [0.1, 0.15) is 47.5 Å². The third-order valence-corrected chi connectivity index (χ3v) is 5.20. The molecule has 0 radical (unpaired) electrons. The topological polar surface area (TPSA) is 132 Å². The first-order valence-electron chi connectivity index (χ1n) is 8.76. The number of hydroxylamine groups is 2. The highest BCUT2D eigenvalue weighted by molar-refractivity contribution is 9.11. The number of urea groups is 1. The molecule has 0 aliphatic heterocycles. The zero-order chi connectivity index (χ0) is 21.6. The van der Waals surface area contributed by atoms with Gasteiger partial charge in [0.15, 0.2) is 5.13 Å². The summed E-state index contributed by atoms with van der Waals surface area (Å²) >= 11 is 4.44. The molecule has 0 fully saturated rings. The van der Waals surface area contributed by atoms with Gasteiger partial charge in [-0.15, -0.1) is 5.06 Å². The smallest absolute Gasteiger partial charge is 0.349 e. The highest BCUT2D eigenvalue weighted by Gasteiger charge is 2.36. The van der Waals surface area contributed by atoms with Gasteiger partial charge in [-0.3, -0.25) is 14.8 Å². The molecule has 0 aliphatic carbocycles. The third-order valence-electron chi connectivity index (χ3n) is 3.81. The van der Waals surface area contributed by atoms with E-state index >= 15 is 0 Å². The van der Waals surface area contributed by atoms with Gasteiger partial charge in [0.2, 0.25) is 5.91 Å². The molecule has 0 bridgehead atoms. The van der Waals surface area contributed by atoms with Crippen molar-refractivity contribution in [3.8, 4) is 0 Å². The quantitative estimate of drug-likeness (QED) is 0.351.